The van der Waals surface area contributed by atoms with E-state index in [9.17, 15) is 9.59 Å². The summed E-state index contributed by atoms with van der Waals surface area (Å²) in [7, 11) is 0. The maximum absolute atomic E-state index is 12.4. The number of anilines is 1. The first-order valence-corrected chi connectivity index (χ1v) is 10.3. The van der Waals surface area contributed by atoms with Crippen LogP contribution in [0, 0.1) is 0 Å². The van der Waals surface area contributed by atoms with Crippen molar-refractivity contribution in [1.82, 2.24) is 10.3 Å². The quantitative estimate of drug-likeness (QED) is 0.775. The maximum atomic E-state index is 12.4. The van der Waals surface area contributed by atoms with Crippen molar-refractivity contribution in [1.29, 1.82) is 0 Å². The van der Waals surface area contributed by atoms with Crippen LogP contribution in [0.25, 0.3) is 0 Å². The molecule has 0 spiro atoms. The van der Waals surface area contributed by atoms with E-state index in [1.807, 2.05) is 28.5 Å². The van der Waals surface area contributed by atoms with Gasteiger partial charge in [0.05, 0.1) is 17.1 Å². The molecule has 0 saturated heterocycles. The normalized spacial score (nSPS) is 13.5. The van der Waals surface area contributed by atoms with Crippen LogP contribution >= 0.6 is 11.3 Å². The molecule has 1 aromatic carbocycles. The van der Waals surface area contributed by atoms with E-state index < -0.39 is 0 Å². The first-order chi connectivity index (χ1) is 12.8. The Bertz CT molecular complexity index is 823. The Morgan fingerprint density at radius 2 is 2.04 bits per heavy atom. The van der Waals surface area contributed by atoms with Gasteiger partial charge >= 0.3 is 0 Å². The number of nitrogens with zero attached hydrogens (tertiary/aromatic N) is 2. The number of hydrogen-bond donors (Lipinski definition) is 1. The Kier molecular flexibility index (Phi) is 5.95. The van der Waals surface area contributed by atoms with E-state index in [0.29, 0.717) is 25.8 Å². The van der Waals surface area contributed by atoms with Crippen molar-refractivity contribution in [2.75, 3.05) is 18.0 Å². The number of amides is 2. The number of aromatic nitrogens is 1. The van der Waals surface area contributed by atoms with Gasteiger partial charge in [-0.3, -0.25) is 9.59 Å². The molecule has 0 bridgehead atoms. The van der Waals surface area contributed by atoms with E-state index >= 15 is 0 Å². The first-order valence-electron chi connectivity index (χ1n) is 9.44. The van der Waals surface area contributed by atoms with Gasteiger partial charge in [-0.05, 0) is 24.5 Å². The topological polar surface area (TPSA) is 62.3 Å². The second-order valence-electron chi connectivity index (χ2n) is 7.95. The molecule has 1 aliphatic rings. The zero-order chi connectivity index (χ0) is 19.4. The molecule has 0 radical (unpaired) electrons. The number of carbonyl (C=O) groups is 2. The maximum Gasteiger partial charge on any atom is 0.227 e. The highest BCUT2D eigenvalue weighted by molar-refractivity contribution is 7.09. The standard InChI is InChI=1S/C21H27N3O2S/c1-21(2,3)20-23-16(14-27-20)13-18(25)22-11-6-9-19(26)24-12-10-15-7-4-5-8-17(15)24/h4-5,7-8,14H,6,9-13H2,1-3H3,(H,22,25). The number of benzene rings is 1. The van der Waals surface area contributed by atoms with Gasteiger partial charge in [-0.15, -0.1) is 11.3 Å². The highest BCUT2D eigenvalue weighted by Gasteiger charge is 2.23. The lowest BCUT2D eigenvalue weighted by atomic mass is 9.98. The zero-order valence-corrected chi connectivity index (χ0v) is 17.1. The fourth-order valence-corrected chi connectivity index (χ4v) is 4.07. The van der Waals surface area contributed by atoms with Gasteiger partial charge in [0.15, 0.2) is 0 Å². The molecule has 0 atom stereocenters. The second-order valence-corrected chi connectivity index (χ2v) is 8.81. The molecule has 1 aliphatic heterocycles. The monoisotopic (exact) mass is 385 g/mol. The van der Waals surface area contributed by atoms with Crippen LogP contribution in [0.15, 0.2) is 29.6 Å². The SMILES string of the molecule is CC(C)(C)c1nc(CC(=O)NCCCC(=O)N2CCc3ccccc32)cs1. The summed E-state index contributed by atoms with van der Waals surface area (Å²) in [4.78, 5) is 30.9. The largest absolute Gasteiger partial charge is 0.356 e. The lowest BCUT2D eigenvalue weighted by Gasteiger charge is -2.17. The summed E-state index contributed by atoms with van der Waals surface area (Å²) < 4.78 is 0. The number of rotatable bonds is 6. The predicted octanol–water partition coefficient (Wildman–Crippen LogP) is 3.47. The Labute approximate surface area is 164 Å². The number of hydrogen-bond acceptors (Lipinski definition) is 4. The van der Waals surface area contributed by atoms with Gasteiger partial charge in [0.2, 0.25) is 11.8 Å². The molecule has 3 rings (SSSR count). The molecule has 0 aliphatic carbocycles. The molecular weight excluding hydrogens is 358 g/mol. The van der Waals surface area contributed by atoms with Crippen LogP contribution in [-0.4, -0.2) is 29.9 Å². The minimum absolute atomic E-state index is 0.00788. The molecule has 2 aromatic rings. The Morgan fingerprint density at radius 3 is 2.78 bits per heavy atom. The second kappa shape index (κ2) is 8.21. The van der Waals surface area contributed by atoms with Gasteiger partial charge in [-0.1, -0.05) is 39.0 Å². The highest BCUT2D eigenvalue weighted by Crippen LogP contribution is 2.28. The number of carbonyl (C=O) groups excluding carboxylic acids is 2. The molecule has 1 aromatic heterocycles. The molecule has 27 heavy (non-hydrogen) atoms. The van der Waals surface area contributed by atoms with E-state index in [-0.39, 0.29) is 17.2 Å². The summed E-state index contributed by atoms with van der Waals surface area (Å²) in [6.45, 7) is 7.61. The number of nitrogens with one attached hydrogen (secondary N) is 1. The number of para-hydroxylation sites is 1. The van der Waals surface area contributed by atoms with Crippen LogP contribution in [0.4, 0.5) is 5.69 Å². The molecule has 2 heterocycles. The van der Waals surface area contributed by atoms with Crippen molar-refractivity contribution < 1.29 is 9.59 Å². The van der Waals surface area contributed by atoms with Gasteiger partial charge in [0.25, 0.3) is 0 Å². The van der Waals surface area contributed by atoms with Crippen molar-refractivity contribution in [2.45, 2.75) is 51.9 Å². The number of fused-ring (bicyclic) bond motifs is 1. The van der Waals surface area contributed by atoms with Crippen molar-refractivity contribution in [2.24, 2.45) is 0 Å². The molecule has 0 unspecified atom stereocenters. The van der Waals surface area contributed by atoms with Gasteiger partial charge in [-0.25, -0.2) is 4.98 Å². The molecule has 6 heteroatoms. The Balaban J connectivity index is 1.39. The van der Waals surface area contributed by atoms with Crippen LogP contribution in [-0.2, 0) is 27.8 Å². The fourth-order valence-electron chi connectivity index (χ4n) is 3.16. The molecular formula is C21H27N3O2S. The summed E-state index contributed by atoms with van der Waals surface area (Å²) in [5, 5.41) is 5.90. The van der Waals surface area contributed by atoms with Crippen LogP contribution in [0.2, 0.25) is 0 Å². The Morgan fingerprint density at radius 1 is 1.26 bits per heavy atom. The summed E-state index contributed by atoms with van der Waals surface area (Å²) in [5.74, 6) is 0.0863. The van der Waals surface area contributed by atoms with Crippen molar-refractivity contribution in [3.8, 4) is 0 Å². The predicted molar refractivity (Wildman–Crippen MR) is 109 cm³/mol. The Hall–Kier alpha value is -2.21. The van der Waals surface area contributed by atoms with E-state index in [2.05, 4.69) is 37.1 Å². The van der Waals surface area contributed by atoms with E-state index in [1.54, 1.807) is 11.3 Å². The lowest BCUT2D eigenvalue weighted by molar-refractivity contribution is -0.121. The third-order valence-electron chi connectivity index (χ3n) is 4.61. The zero-order valence-electron chi connectivity index (χ0n) is 16.2. The van der Waals surface area contributed by atoms with Crippen LogP contribution in [0.3, 0.4) is 0 Å². The lowest BCUT2D eigenvalue weighted by Crippen LogP contribution is -2.31. The minimum atomic E-state index is -0.0419. The van der Waals surface area contributed by atoms with Crippen LogP contribution < -0.4 is 10.2 Å². The molecule has 1 N–H and O–H groups in total. The minimum Gasteiger partial charge on any atom is -0.356 e. The average molecular weight is 386 g/mol. The average Bonchev–Trinajstić information content (AvgIpc) is 3.25. The third-order valence-corrected chi connectivity index (χ3v) is 5.93. The summed E-state index contributed by atoms with van der Waals surface area (Å²) in [6, 6.07) is 8.05. The fraction of sp³-hybridized carbons (Fsp3) is 0.476. The van der Waals surface area contributed by atoms with E-state index in [4.69, 9.17) is 0 Å². The molecule has 5 nitrogen and oxygen atoms in total. The summed E-state index contributed by atoms with van der Waals surface area (Å²) in [6.07, 6.45) is 2.30. The third kappa shape index (κ3) is 4.95. The molecule has 2 amide bonds. The smallest absolute Gasteiger partial charge is 0.227 e. The van der Waals surface area contributed by atoms with Crippen LogP contribution in [0.1, 0.15) is 49.9 Å². The van der Waals surface area contributed by atoms with Crippen molar-refractivity contribution in [3.63, 3.8) is 0 Å². The van der Waals surface area contributed by atoms with Crippen LogP contribution in [0.5, 0.6) is 0 Å². The van der Waals surface area contributed by atoms with E-state index in [0.717, 1.165) is 29.4 Å². The summed E-state index contributed by atoms with van der Waals surface area (Å²) >= 11 is 1.60. The van der Waals surface area contributed by atoms with Gasteiger partial charge in [0, 0.05) is 36.0 Å². The first kappa shape index (κ1) is 19.5. The molecule has 144 valence electrons. The van der Waals surface area contributed by atoms with Gasteiger partial charge in [-0.2, -0.15) is 0 Å². The van der Waals surface area contributed by atoms with Crippen molar-refractivity contribution >= 4 is 28.8 Å². The van der Waals surface area contributed by atoms with E-state index in [1.165, 1.54) is 5.56 Å². The van der Waals surface area contributed by atoms with Crippen molar-refractivity contribution in [3.05, 3.63) is 45.9 Å². The van der Waals surface area contributed by atoms with Gasteiger partial charge in [0.1, 0.15) is 0 Å². The van der Waals surface area contributed by atoms with Gasteiger partial charge < -0.3 is 10.2 Å². The number of thiazole rings is 1. The highest BCUT2D eigenvalue weighted by atomic mass is 32.1. The molecule has 0 fully saturated rings. The molecule has 0 saturated carbocycles. The summed E-state index contributed by atoms with van der Waals surface area (Å²) in [5.41, 5.74) is 3.09.